The minimum absolute atomic E-state index is 0.00894. The summed E-state index contributed by atoms with van der Waals surface area (Å²) in [5.74, 6) is 0.692. The fourth-order valence-electron chi connectivity index (χ4n) is 3.24. The number of aliphatic imine (C=N–C) groups is 1. The zero-order valence-corrected chi connectivity index (χ0v) is 18.4. The quantitative estimate of drug-likeness (QED) is 0.375. The lowest BCUT2D eigenvalue weighted by Crippen LogP contribution is -2.51. The predicted molar refractivity (Wildman–Crippen MR) is 120 cm³/mol. The van der Waals surface area contributed by atoms with Crippen LogP contribution in [0.15, 0.2) is 29.3 Å². The summed E-state index contributed by atoms with van der Waals surface area (Å²) < 4.78 is 5.40. The van der Waals surface area contributed by atoms with Gasteiger partial charge in [-0.1, -0.05) is 17.7 Å². The lowest BCUT2D eigenvalue weighted by atomic mass is 10.0. The fourth-order valence-corrected chi connectivity index (χ4v) is 3.24. The summed E-state index contributed by atoms with van der Waals surface area (Å²) in [6.07, 6.45) is 3.11. The second-order valence-electron chi connectivity index (χ2n) is 7.70. The van der Waals surface area contributed by atoms with E-state index >= 15 is 0 Å². The number of piperidine rings is 1. The van der Waals surface area contributed by atoms with Crippen molar-refractivity contribution in [2.24, 2.45) is 4.99 Å². The van der Waals surface area contributed by atoms with Gasteiger partial charge in [0.25, 0.3) is 0 Å². The SMILES string of the molecule is CCOCCCNC(=NCC(=O)N(C)C)NC1CCCN(c2ccc(C)cc2)C1. The van der Waals surface area contributed by atoms with Gasteiger partial charge in [0.05, 0.1) is 0 Å². The van der Waals surface area contributed by atoms with E-state index in [4.69, 9.17) is 4.74 Å². The average molecular weight is 404 g/mol. The molecule has 1 aromatic carbocycles. The molecule has 1 amide bonds. The Morgan fingerprint density at radius 2 is 2.07 bits per heavy atom. The molecular formula is C22H37N5O2. The van der Waals surface area contributed by atoms with Gasteiger partial charge in [-0.2, -0.15) is 0 Å². The van der Waals surface area contributed by atoms with Crippen LogP contribution < -0.4 is 15.5 Å². The number of amides is 1. The Morgan fingerprint density at radius 1 is 1.31 bits per heavy atom. The molecule has 1 atom stereocenters. The number of nitrogens with one attached hydrogen (secondary N) is 2. The van der Waals surface area contributed by atoms with E-state index in [1.54, 1.807) is 19.0 Å². The fraction of sp³-hybridized carbons (Fsp3) is 0.636. The predicted octanol–water partition coefficient (Wildman–Crippen LogP) is 2.01. The molecule has 162 valence electrons. The molecule has 0 aliphatic carbocycles. The number of likely N-dealkylation sites (N-methyl/N-ethyl adjacent to an activating group) is 1. The standard InChI is InChI=1S/C22H37N5O2/c1-5-29-15-7-13-23-22(24-16-21(28)26(3)4)25-19-8-6-14-27(17-19)20-11-9-18(2)10-12-20/h9-12,19H,5-8,13-17H2,1-4H3,(H2,23,24,25). The third-order valence-corrected chi connectivity index (χ3v) is 4.99. The molecule has 7 nitrogen and oxygen atoms in total. The topological polar surface area (TPSA) is 69.2 Å². The van der Waals surface area contributed by atoms with Crippen molar-refractivity contribution in [2.75, 3.05) is 58.4 Å². The number of carbonyl (C=O) groups is 1. The van der Waals surface area contributed by atoms with Crippen LogP contribution in [-0.4, -0.2) is 76.3 Å². The minimum atomic E-state index is -0.00894. The number of benzene rings is 1. The summed E-state index contributed by atoms with van der Waals surface area (Å²) in [6, 6.07) is 8.98. The monoisotopic (exact) mass is 403 g/mol. The van der Waals surface area contributed by atoms with Crippen molar-refractivity contribution in [3.05, 3.63) is 29.8 Å². The first-order chi connectivity index (χ1) is 14.0. The summed E-state index contributed by atoms with van der Waals surface area (Å²) in [5.41, 5.74) is 2.53. The summed E-state index contributed by atoms with van der Waals surface area (Å²) in [6.45, 7) is 8.44. The van der Waals surface area contributed by atoms with Crippen LogP contribution in [0, 0.1) is 6.92 Å². The normalized spacial score (nSPS) is 17.2. The summed E-state index contributed by atoms with van der Waals surface area (Å²) >= 11 is 0. The Morgan fingerprint density at radius 3 is 2.76 bits per heavy atom. The number of carbonyl (C=O) groups excluding carboxylic acids is 1. The Balaban J connectivity index is 1.95. The second-order valence-corrected chi connectivity index (χ2v) is 7.70. The van der Waals surface area contributed by atoms with Crippen molar-refractivity contribution in [1.82, 2.24) is 15.5 Å². The van der Waals surface area contributed by atoms with Crippen LogP contribution in [-0.2, 0) is 9.53 Å². The molecule has 2 N–H and O–H groups in total. The molecule has 1 aliphatic heterocycles. The second kappa shape index (κ2) is 12.3. The maximum atomic E-state index is 12.0. The number of nitrogens with zero attached hydrogens (tertiary/aromatic N) is 3. The Hall–Kier alpha value is -2.28. The molecule has 1 fully saturated rings. The van der Waals surface area contributed by atoms with Crippen molar-refractivity contribution in [1.29, 1.82) is 0 Å². The van der Waals surface area contributed by atoms with Crippen LogP contribution in [0.5, 0.6) is 0 Å². The van der Waals surface area contributed by atoms with E-state index in [0.29, 0.717) is 5.96 Å². The molecule has 0 saturated carbocycles. The minimum Gasteiger partial charge on any atom is -0.382 e. The van der Waals surface area contributed by atoms with Crippen LogP contribution in [0.1, 0.15) is 31.7 Å². The Labute approximate surface area is 175 Å². The third kappa shape index (κ3) is 8.31. The lowest BCUT2D eigenvalue weighted by Gasteiger charge is -2.35. The summed E-state index contributed by atoms with van der Waals surface area (Å²) in [4.78, 5) is 20.4. The van der Waals surface area contributed by atoms with Crippen LogP contribution in [0.3, 0.4) is 0 Å². The highest BCUT2D eigenvalue weighted by Gasteiger charge is 2.21. The summed E-state index contributed by atoms with van der Waals surface area (Å²) in [7, 11) is 3.50. The molecule has 0 spiro atoms. The Bertz CT molecular complexity index is 645. The molecule has 1 aromatic rings. The van der Waals surface area contributed by atoms with Gasteiger partial charge in [0.2, 0.25) is 5.91 Å². The van der Waals surface area contributed by atoms with E-state index in [1.807, 2.05) is 6.92 Å². The summed E-state index contributed by atoms with van der Waals surface area (Å²) in [5, 5.41) is 6.89. The number of rotatable bonds is 9. The molecular weight excluding hydrogens is 366 g/mol. The van der Waals surface area contributed by atoms with Gasteiger partial charge in [0.15, 0.2) is 5.96 Å². The first kappa shape index (κ1) is 23.0. The van der Waals surface area contributed by atoms with E-state index in [1.165, 1.54) is 11.3 Å². The van der Waals surface area contributed by atoms with Gasteiger partial charge in [-0.25, -0.2) is 4.99 Å². The lowest BCUT2D eigenvalue weighted by molar-refractivity contribution is -0.127. The van der Waals surface area contributed by atoms with Crippen molar-refractivity contribution < 1.29 is 9.53 Å². The molecule has 29 heavy (non-hydrogen) atoms. The molecule has 2 rings (SSSR count). The Kier molecular flexibility index (Phi) is 9.77. The van der Waals surface area contributed by atoms with E-state index in [9.17, 15) is 4.79 Å². The molecule has 1 aliphatic rings. The van der Waals surface area contributed by atoms with Gasteiger partial charge in [0, 0.05) is 58.7 Å². The van der Waals surface area contributed by atoms with Crippen LogP contribution >= 0.6 is 0 Å². The van der Waals surface area contributed by atoms with Gasteiger partial charge in [0.1, 0.15) is 6.54 Å². The number of hydrogen-bond acceptors (Lipinski definition) is 4. The maximum absolute atomic E-state index is 12.0. The van der Waals surface area contributed by atoms with E-state index in [-0.39, 0.29) is 18.5 Å². The van der Waals surface area contributed by atoms with Gasteiger partial charge < -0.3 is 25.2 Å². The average Bonchev–Trinajstić information content (AvgIpc) is 2.72. The van der Waals surface area contributed by atoms with E-state index in [0.717, 1.165) is 52.1 Å². The van der Waals surface area contributed by atoms with Gasteiger partial charge in [-0.05, 0) is 45.2 Å². The first-order valence-corrected chi connectivity index (χ1v) is 10.6. The maximum Gasteiger partial charge on any atom is 0.243 e. The van der Waals surface area contributed by atoms with E-state index in [2.05, 4.69) is 51.7 Å². The van der Waals surface area contributed by atoms with Gasteiger partial charge in [-0.3, -0.25) is 4.79 Å². The number of ether oxygens (including phenoxy) is 1. The van der Waals surface area contributed by atoms with E-state index < -0.39 is 0 Å². The zero-order chi connectivity index (χ0) is 21.1. The smallest absolute Gasteiger partial charge is 0.243 e. The van der Waals surface area contributed by atoms with Crippen LogP contribution in [0.25, 0.3) is 0 Å². The number of hydrogen-bond donors (Lipinski definition) is 2. The van der Waals surface area contributed by atoms with Gasteiger partial charge in [-0.15, -0.1) is 0 Å². The molecule has 0 aromatic heterocycles. The third-order valence-electron chi connectivity index (χ3n) is 4.99. The van der Waals surface area contributed by atoms with Crippen LogP contribution in [0.2, 0.25) is 0 Å². The number of aryl methyl sites for hydroxylation is 1. The highest BCUT2D eigenvalue weighted by molar-refractivity contribution is 5.85. The molecule has 7 heteroatoms. The molecule has 0 radical (unpaired) electrons. The number of anilines is 1. The molecule has 1 unspecified atom stereocenters. The van der Waals surface area contributed by atoms with Crippen molar-refractivity contribution >= 4 is 17.6 Å². The van der Waals surface area contributed by atoms with Gasteiger partial charge >= 0.3 is 0 Å². The highest BCUT2D eigenvalue weighted by atomic mass is 16.5. The van der Waals surface area contributed by atoms with Crippen molar-refractivity contribution in [3.8, 4) is 0 Å². The first-order valence-electron chi connectivity index (χ1n) is 10.6. The molecule has 0 bridgehead atoms. The number of guanidine groups is 1. The zero-order valence-electron chi connectivity index (χ0n) is 18.4. The van der Waals surface area contributed by atoms with Crippen molar-refractivity contribution in [2.45, 2.75) is 39.2 Å². The molecule has 1 heterocycles. The van der Waals surface area contributed by atoms with Crippen molar-refractivity contribution in [3.63, 3.8) is 0 Å². The highest BCUT2D eigenvalue weighted by Crippen LogP contribution is 2.20. The largest absolute Gasteiger partial charge is 0.382 e. The van der Waals surface area contributed by atoms with Crippen LogP contribution in [0.4, 0.5) is 5.69 Å². The molecule has 1 saturated heterocycles.